The zero-order chi connectivity index (χ0) is 22.1. The van der Waals surface area contributed by atoms with E-state index in [0.717, 1.165) is 16.9 Å². The summed E-state index contributed by atoms with van der Waals surface area (Å²) in [7, 11) is -3.80. The van der Waals surface area contributed by atoms with Gasteiger partial charge in [-0.25, -0.2) is 13.1 Å². The lowest BCUT2D eigenvalue weighted by Crippen LogP contribution is -2.42. The first-order valence-corrected chi connectivity index (χ1v) is 11.0. The number of sulfonamides is 1. The number of ether oxygens (including phenoxy) is 1. The van der Waals surface area contributed by atoms with Gasteiger partial charge in [-0.05, 0) is 50.6 Å². The van der Waals surface area contributed by atoms with E-state index in [9.17, 15) is 18.0 Å². The predicted octanol–water partition coefficient (Wildman–Crippen LogP) is 1.67. The second kappa shape index (κ2) is 10.7. The molecule has 0 aliphatic heterocycles. The summed E-state index contributed by atoms with van der Waals surface area (Å²) in [6, 6.07) is 13.4. The molecule has 0 heterocycles. The van der Waals surface area contributed by atoms with Gasteiger partial charge in [-0.2, -0.15) is 0 Å². The van der Waals surface area contributed by atoms with Gasteiger partial charge in [0, 0.05) is 0 Å². The number of carbonyl (C=O) groups excluding carboxylic acids is 2. The monoisotopic (exact) mass is 433 g/mol. The molecule has 8 nitrogen and oxygen atoms in total. The van der Waals surface area contributed by atoms with Gasteiger partial charge in [-0.1, -0.05) is 29.8 Å². The van der Waals surface area contributed by atoms with E-state index in [1.807, 2.05) is 45.0 Å². The first-order chi connectivity index (χ1) is 14.2. The molecule has 2 amide bonds. The van der Waals surface area contributed by atoms with Crippen molar-refractivity contribution in [1.82, 2.24) is 15.4 Å². The maximum atomic E-state index is 12.2. The van der Waals surface area contributed by atoms with Crippen LogP contribution in [0.2, 0.25) is 0 Å². The van der Waals surface area contributed by atoms with Gasteiger partial charge >= 0.3 is 0 Å². The van der Waals surface area contributed by atoms with Crippen molar-refractivity contribution in [2.45, 2.75) is 31.7 Å². The average Bonchev–Trinajstić information content (AvgIpc) is 2.72. The lowest BCUT2D eigenvalue weighted by Gasteiger charge is -2.15. The van der Waals surface area contributed by atoms with Crippen molar-refractivity contribution in [3.05, 3.63) is 59.7 Å². The Morgan fingerprint density at radius 3 is 2.20 bits per heavy atom. The van der Waals surface area contributed by atoms with Gasteiger partial charge in [-0.3, -0.25) is 9.59 Å². The molecule has 2 aromatic carbocycles. The van der Waals surface area contributed by atoms with Crippen molar-refractivity contribution >= 4 is 21.8 Å². The maximum absolute atomic E-state index is 12.2. The fraction of sp³-hybridized carbons (Fsp3) is 0.333. The first kappa shape index (κ1) is 23.4. The predicted molar refractivity (Wildman–Crippen MR) is 114 cm³/mol. The second-order valence-corrected chi connectivity index (χ2v) is 8.47. The van der Waals surface area contributed by atoms with E-state index in [1.165, 1.54) is 12.1 Å². The van der Waals surface area contributed by atoms with Crippen molar-refractivity contribution in [3.8, 4) is 5.75 Å². The number of hydrogen-bond donors (Lipinski definition) is 3. The van der Waals surface area contributed by atoms with Gasteiger partial charge in [0.2, 0.25) is 21.8 Å². The van der Waals surface area contributed by atoms with Crippen molar-refractivity contribution in [2.24, 2.45) is 0 Å². The number of nitrogens with one attached hydrogen (secondary N) is 3. The van der Waals surface area contributed by atoms with Crippen LogP contribution in [-0.2, 0) is 19.6 Å². The first-order valence-electron chi connectivity index (χ1n) is 9.56. The minimum Gasteiger partial charge on any atom is -0.494 e. The molecular formula is C21H27N3O5S. The summed E-state index contributed by atoms with van der Waals surface area (Å²) < 4.78 is 31.9. The summed E-state index contributed by atoms with van der Waals surface area (Å²) in [4.78, 5) is 24.0. The number of amides is 2. The van der Waals surface area contributed by atoms with E-state index in [1.54, 1.807) is 12.1 Å². The van der Waals surface area contributed by atoms with E-state index >= 15 is 0 Å². The molecule has 9 heteroatoms. The van der Waals surface area contributed by atoms with Gasteiger partial charge in [-0.15, -0.1) is 0 Å². The van der Waals surface area contributed by atoms with E-state index in [4.69, 9.17) is 4.74 Å². The molecule has 0 radical (unpaired) electrons. The second-order valence-electron chi connectivity index (χ2n) is 6.71. The van der Waals surface area contributed by atoms with Crippen LogP contribution in [0.3, 0.4) is 0 Å². The maximum Gasteiger partial charge on any atom is 0.241 e. The Hall–Kier alpha value is -2.91. The fourth-order valence-corrected chi connectivity index (χ4v) is 3.58. The quantitative estimate of drug-likeness (QED) is 0.527. The minimum atomic E-state index is -3.80. The Morgan fingerprint density at radius 2 is 1.60 bits per heavy atom. The van der Waals surface area contributed by atoms with Crippen molar-refractivity contribution in [1.29, 1.82) is 0 Å². The van der Waals surface area contributed by atoms with Crippen LogP contribution in [0.1, 0.15) is 31.0 Å². The van der Waals surface area contributed by atoms with Crippen LogP contribution in [0.15, 0.2) is 53.4 Å². The molecular weight excluding hydrogens is 406 g/mol. The van der Waals surface area contributed by atoms with Crippen LogP contribution < -0.4 is 20.1 Å². The summed E-state index contributed by atoms with van der Waals surface area (Å²) in [6.07, 6.45) is 0. The molecule has 30 heavy (non-hydrogen) atoms. The van der Waals surface area contributed by atoms with Crippen molar-refractivity contribution in [3.63, 3.8) is 0 Å². The molecule has 0 aliphatic rings. The highest BCUT2D eigenvalue weighted by atomic mass is 32.2. The Labute approximate surface area is 177 Å². The molecule has 0 spiro atoms. The van der Waals surface area contributed by atoms with Gasteiger partial charge in [0.25, 0.3) is 0 Å². The zero-order valence-electron chi connectivity index (χ0n) is 17.3. The Morgan fingerprint density at radius 1 is 0.967 bits per heavy atom. The molecule has 0 fully saturated rings. The van der Waals surface area contributed by atoms with Gasteiger partial charge in [0.1, 0.15) is 5.75 Å². The Bertz CT molecular complexity index is 957. The highest BCUT2D eigenvalue weighted by molar-refractivity contribution is 7.89. The molecule has 1 atom stereocenters. The summed E-state index contributed by atoms with van der Waals surface area (Å²) in [5, 5.41) is 5.17. The summed E-state index contributed by atoms with van der Waals surface area (Å²) in [6.45, 7) is 5.43. The van der Waals surface area contributed by atoms with E-state index in [0.29, 0.717) is 6.61 Å². The van der Waals surface area contributed by atoms with E-state index in [-0.39, 0.29) is 23.4 Å². The van der Waals surface area contributed by atoms with Crippen LogP contribution in [0.25, 0.3) is 0 Å². The number of rotatable bonds is 10. The highest BCUT2D eigenvalue weighted by Gasteiger charge is 2.16. The molecule has 0 aliphatic carbocycles. The largest absolute Gasteiger partial charge is 0.494 e. The van der Waals surface area contributed by atoms with E-state index in [2.05, 4.69) is 15.4 Å². The standard InChI is InChI=1S/C21H27N3O5S/c1-4-29-18-9-7-17(8-10-18)16(3)24-21(26)13-22-20(25)14-23-30(27,28)19-11-5-15(2)6-12-19/h5-12,16,23H,4,13-14H2,1-3H3,(H,22,25)(H,24,26). The fourth-order valence-electron chi connectivity index (χ4n) is 2.60. The Balaban J connectivity index is 1.77. The third-order valence-electron chi connectivity index (χ3n) is 4.27. The van der Waals surface area contributed by atoms with Crippen LogP contribution >= 0.6 is 0 Å². The lowest BCUT2D eigenvalue weighted by atomic mass is 10.1. The van der Waals surface area contributed by atoms with Gasteiger partial charge in [0.05, 0.1) is 30.6 Å². The molecule has 2 rings (SSSR count). The highest BCUT2D eigenvalue weighted by Crippen LogP contribution is 2.17. The molecule has 3 N–H and O–H groups in total. The molecule has 0 aromatic heterocycles. The van der Waals surface area contributed by atoms with E-state index < -0.39 is 22.5 Å². The molecule has 0 bridgehead atoms. The number of hydrogen-bond acceptors (Lipinski definition) is 5. The molecule has 2 aromatic rings. The smallest absolute Gasteiger partial charge is 0.241 e. The number of carbonyl (C=O) groups is 2. The number of benzene rings is 2. The van der Waals surface area contributed by atoms with Crippen LogP contribution in [-0.4, -0.2) is 39.9 Å². The molecule has 1 unspecified atom stereocenters. The minimum absolute atomic E-state index is 0.0721. The molecule has 0 saturated heterocycles. The van der Waals surface area contributed by atoms with Crippen LogP contribution in [0.4, 0.5) is 0 Å². The SMILES string of the molecule is CCOc1ccc(C(C)NC(=O)CNC(=O)CNS(=O)(=O)c2ccc(C)cc2)cc1. The normalized spacial score (nSPS) is 12.1. The Kier molecular flexibility index (Phi) is 8.37. The van der Waals surface area contributed by atoms with Crippen molar-refractivity contribution in [2.75, 3.05) is 19.7 Å². The van der Waals surface area contributed by atoms with Crippen molar-refractivity contribution < 1.29 is 22.7 Å². The zero-order valence-corrected chi connectivity index (χ0v) is 18.1. The summed E-state index contributed by atoms with van der Waals surface area (Å²) in [5.74, 6) is -0.235. The van der Waals surface area contributed by atoms with Crippen LogP contribution in [0.5, 0.6) is 5.75 Å². The van der Waals surface area contributed by atoms with Crippen LogP contribution in [0, 0.1) is 6.92 Å². The average molecular weight is 434 g/mol. The third-order valence-corrected chi connectivity index (χ3v) is 5.69. The summed E-state index contributed by atoms with van der Waals surface area (Å²) in [5.41, 5.74) is 1.82. The lowest BCUT2D eigenvalue weighted by molar-refractivity contribution is -0.125. The molecule has 0 saturated carbocycles. The molecule has 162 valence electrons. The topological polar surface area (TPSA) is 114 Å². The summed E-state index contributed by atoms with van der Waals surface area (Å²) >= 11 is 0. The van der Waals surface area contributed by atoms with Gasteiger partial charge in [0.15, 0.2) is 0 Å². The van der Waals surface area contributed by atoms with Gasteiger partial charge < -0.3 is 15.4 Å². The third kappa shape index (κ3) is 7.16. The number of aryl methyl sites for hydroxylation is 1.